The van der Waals surface area contributed by atoms with E-state index in [0.717, 1.165) is 30.8 Å². The zero-order valence-corrected chi connectivity index (χ0v) is 11.7. The molecule has 104 valence electrons. The van der Waals surface area contributed by atoms with Crippen molar-refractivity contribution in [2.75, 3.05) is 18.5 Å². The molecule has 1 atom stereocenters. The molecule has 0 spiro atoms. The van der Waals surface area contributed by atoms with Crippen LogP contribution in [0.15, 0.2) is 18.2 Å². The molecular weight excluding hydrogens is 240 g/mol. The molecule has 4 nitrogen and oxygen atoms in total. The van der Waals surface area contributed by atoms with E-state index >= 15 is 0 Å². The highest BCUT2D eigenvalue weighted by Gasteiger charge is 2.10. The Bertz CT molecular complexity index is 446. The number of anilines is 1. The maximum atomic E-state index is 11.6. The Kier molecular flexibility index (Phi) is 4.66. The number of hydrogen-bond acceptors (Lipinski definition) is 3. The van der Waals surface area contributed by atoms with Gasteiger partial charge in [-0.25, -0.2) is 0 Å². The predicted molar refractivity (Wildman–Crippen MR) is 76.6 cm³/mol. The standard InChI is InChI=1S/C15H22N2O2/c1-3-11(2)17-15(18)10-19-13-7-6-12-5-4-8-16-14(12)9-13/h6-7,9,11,16H,3-5,8,10H2,1-2H3,(H,17,18). The summed E-state index contributed by atoms with van der Waals surface area (Å²) in [5.41, 5.74) is 2.45. The quantitative estimate of drug-likeness (QED) is 0.856. The van der Waals surface area contributed by atoms with Gasteiger partial charge in [-0.15, -0.1) is 0 Å². The van der Waals surface area contributed by atoms with Gasteiger partial charge in [0.05, 0.1) is 0 Å². The number of benzene rings is 1. The third-order valence-electron chi connectivity index (χ3n) is 3.41. The molecule has 1 aromatic carbocycles. The van der Waals surface area contributed by atoms with Gasteiger partial charge in [0.1, 0.15) is 5.75 Å². The van der Waals surface area contributed by atoms with Crippen molar-refractivity contribution in [2.24, 2.45) is 0 Å². The monoisotopic (exact) mass is 262 g/mol. The molecule has 0 aliphatic carbocycles. The van der Waals surface area contributed by atoms with Gasteiger partial charge >= 0.3 is 0 Å². The molecule has 0 bridgehead atoms. The van der Waals surface area contributed by atoms with Crippen LogP contribution in [0.1, 0.15) is 32.3 Å². The van der Waals surface area contributed by atoms with Gasteiger partial charge in [0.15, 0.2) is 6.61 Å². The number of hydrogen-bond donors (Lipinski definition) is 2. The largest absolute Gasteiger partial charge is 0.484 e. The molecule has 0 saturated heterocycles. The van der Waals surface area contributed by atoms with Gasteiger partial charge in [0, 0.05) is 24.3 Å². The molecule has 1 aromatic rings. The van der Waals surface area contributed by atoms with Crippen molar-refractivity contribution in [3.8, 4) is 5.75 Å². The van der Waals surface area contributed by atoms with Crippen LogP contribution in [0, 0.1) is 0 Å². The minimum absolute atomic E-state index is 0.0694. The van der Waals surface area contributed by atoms with E-state index in [1.54, 1.807) is 0 Å². The highest BCUT2D eigenvalue weighted by molar-refractivity contribution is 5.77. The Morgan fingerprint density at radius 1 is 1.53 bits per heavy atom. The first-order valence-corrected chi connectivity index (χ1v) is 6.98. The molecular formula is C15H22N2O2. The lowest BCUT2D eigenvalue weighted by Gasteiger charge is -2.19. The van der Waals surface area contributed by atoms with Crippen molar-refractivity contribution in [3.63, 3.8) is 0 Å². The van der Waals surface area contributed by atoms with Crippen LogP contribution < -0.4 is 15.4 Å². The van der Waals surface area contributed by atoms with E-state index in [9.17, 15) is 4.79 Å². The van der Waals surface area contributed by atoms with Crippen LogP contribution in [0.2, 0.25) is 0 Å². The summed E-state index contributed by atoms with van der Waals surface area (Å²) in [7, 11) is 0. The van der Waals surface area contributed by atoms with Crippen LogP contribution in [-0.2, 0) is 11.2 Å². The average molecular weight is 262 g/mol. The molecule has 4 heteroatoms. The molecule has 0 radical (unpaired) electrons. The number of carbonyl (C=O) groups is 1. The van der Waals surface area contributed by atoms with Crippen molar-refractivity contribution >= 4 is 11.6 Å². The summed E-state index contributed by atoms with van der Waals surface area (Å²) in [6.45, 7) is 5.11. The molecule has 1 heterocycles. The summed E-state index contributed by atoms with van der Waals surface area (Å²) in [5.74, 6) is 0.674. The molecule has 19 heavy (non-hydrogen) atoms. The molecule has 2 rings (SSSR count). The number of aryl methyl sites for hydroxylation is 1. The second-order valence-electron chi connectivity index (χ2n) is 5.01. The predicted octanol–water partition coefficient (Wildman–Crippen LogP) is 2.34. The van der Waals surface area contributed by atoms with Crippen molar-refractivity contribution in [1.29, 1.82) is 0 Å². The van der Waals surface area contributed by atoms with Gasteiger partial charge in [-0.2, -0.15) is 0 Å². The fourth-order valence-corrected chi connectivity index (χ4v) is 2.10. The third kappa shape index (κ3) is 3.88. The summed E-state index contributed by atoms with van der Waals surface area (Å²) >= 11 is 0. The van der Waals surface area contributed by atoms with Gasteiger partial charge in [0.2, 0.25) is 0 Å². The van der Waals surface area contributed by atoms with Crippen molar-refractivity contribution in [2.45, 2.75) is 39.2 Å². The Hall–Kier alpha value is -1.71. The van der Waals surface area contributed by atoms with Crippen molar-refractivity contribution < 1.29 is 9.53 Å². The van der Waals surface area contributed by atoms with E-state index in [0.29, 0.717) is 0 Å². The first kappa shape index (κ1) is 13.7. The summed E-state index contributed by atoms with van der Waals surface area (Å²) in [6.07, 6.45) is 3.20. The van der Waals surface area contributed by atoms with Crippen LogP contribution in [0.5, 0.6) is 5.75 Å². The lowest BCUT2D eigenvalue weighted by atomic mass is 10.0. The Morgan fingerprint density at radius 3 is 3.16 bits per heavy atom. The van der Waals surface area contributed by atoms with Crippen molar-refractivity contribution in [3.05, 3.63) is 23.8 Å². The molecule has 0 fully saturated rings. The van der Waals surface area contributed by atoms with E-state index in [4.69, 9.17) is 4.74 Å². The van der Waals surface area contributed by atoms with Gasteiger partial charge in [0.25, 0.3) is 5.91 Å². The smallest absolute Gasteiger partial charge is 0.258 e. The average Bonchev–Trinajstić information content (AvgIpc) is 2.44. The van der Waals surface area contributed by atoms with Gasteiger partial charge < -0.3 is 15.4 Å². The maximum Gasteiger partial charge on any atom is 0.258 e. The lowest BCUT2D eigenvalue weighted by Crippen LogP contribution is -2.35. The lowest BCUT2D eigenvalue weighted by molar-refractivity contribution is -0.123. The zero-order chi connectivity index (χ0) is 13.7. The summed E-state index contributed by atoms with van der Waals surface area (Å²) < 4.78 is 5.53. The SMILES string of the molecule is CCC(C)NC(=O)COc1ccc2c(c1)NCCC2. The van der Waals surface area contributed by atoms with E-state index in [2.05, 4.69) is 16.7 Å². The van der Waals surface area contributed by atoms with Crippen LogP contribution in [-0.4, -0.2) is 25.1 Å². The topological polar surface area (TPSA) is 50.4 Å². The highest BCUT2D eigenvalue weighted by atomic mass is 16.5. The van der Waals surface area contributed by atoms with Crippen LogP contribution >= 0.6 is 0 Å². The third-order valence-corrected chi connectivity index (χ3v) is 3.41. The summed E-state index contributed by atoms with van der Waals surface area (Å²) in [6, 6.07) is 6.18. The number of ether oxygens (including phenoxy) is 1. The zero-order valence-electron chi connectivity index (χ0n) is 11.7. The number of fused-ring (bicyclic) bond motifs is 1. The number of amides is 1. The fourth-order valence-electron chi connectivity index (χ4n) is 2.10. The Labute approximate surface area is 114 Å². The minimum atomic E-state index is -0.0694. The molecule has 2 N–H and O–H groups in total. The van der Waals surface area contributed by atoms with E-state index in [1.165, 1.54) is 12.0 Å². The minimum Gasteiger partial charge on any atom is -0.484 e. The van der Waals surface area contributed by atoms with Gasteiger partial charge in [-0.3, -0.25) is 4.79 Å². The molecule has 0 aromatic heterocycles. The normalized spacial score (nSPS) is 15.1. The van der Waals surface area contributed by atoms with Crippen LogP contribution in [0.3, 0.4) is 0 Å². The van der Waals surface area contributed by atoms with Crippen LogP contribution in [0.4, 0.5) is 5.69 Å². The molecule has 0 saturated carbocycles. The Morgan fingerprint density at radius 2 is 2.37 bits per heavy atom. The second-order valence-corrected chi connectivity index (χ2v) is 5.01. The van der Waals surface area contributed by atoms with Gasteiger partial charge in [-0.1, -0.05) is 13.0 Å². The highest BCUT2D eigenvalue weighted by Crippen LogP contribution is 2.26. The molecule has 1 amide bonds. The summed E-state index contributed by atoms with van der Waals surface area (Å²) in [4.78, 5) is 11.6. The second kappa shape index (κ2) is 6.45. The van der Waals surface area contributed by atoms with E-state index in [1.807, 2.05) is 26.0 Å². The molecule has 1 unspecified atom stereocenters. The van der Waals surface area contributed by atoms with Gasteiger partial charge in [-0.05, 0) is 37.8 Å². The summed E-state index contributed by atoms with van der Waals surface area (Å²) in [5, 5.41) is 6.23. The number of carbonyl (C=O) groups excluding carboxylic acids is 1. The number of rotatable bonds is 5. The Balaban J connectivity index is 1.87. The first-order chi connectivity index (χ1) is 9.19. The van der Waals surface area contributed by atoms with Crippen LogP contribution in [0.25, 0.3) is 0 Å². The maximum absolute atomic E-state index is 11.6. The van der Waals surface area contributed by atoms with E-state index < -0.39 is 0 Å². The van der Waals surface area contributed by atoms with Crippen molar-refractivity contribution in [1.82, 2.24) is 5.32 Å². The molecule has 1 aliphatic heterocycles. The fraction of sp³-hybridized carbons (Fsp3) is 0.533. The van der Waals surface area contributed by atoms with E-state index in [-0.39, 0.29) is 18.6 Å². The molecule has 1 aliphatic rings. The number of nitrogens with one attached hydrogen (secondary N) is 2. The first-order valence-electron chi connectivity index (χ1n) is 6.98.